The molecule has 0 aliphatic rings. The van der Waals surface area contributed by atoms with Gasteiger partial charge in [0.2, 0.25) is 0 Å². The number of aryl methyl sites for hydroxylation is 2. The first-order chi connectivity index (χ1) is 10.4. The van der Waals surface area contributed by atoms with E-state index in [1.165, 1.54) is 11.3 Å². The zero-order valence-electron chi connectivity index (χ0n) is 13.1. The van der Waals surface area contributed by atoms with Crippen LogP contribution < -0.4 is 0 Å². The van der Waals surface area contributed by atoms with Gasteiger partial charge in [0.1, 0.15) is 10.8 Å². The fraction of sp³-hybridized carbons (Fsp3) is 0.294. The van der Waals surface area contributed by atoms with Crippen LogP contribution in [0.25, 0.3) is 0 Å². The number of thiophene rings is 1. The van der Waals surface area contributed by atoms with Crippen LogP contribution in [0.3, 0.4) is 0 Å². The van der Waals surface area contributed by atoms with E-state index in [1.807, 2.05) is 26.8 Å². The smallest absolute Gasteiger partial charge is 0.341 e. The van der Waals surface area contributed by atoms with Crippen molar-refractivity contribution in [2.75, 3.05) is 6.61 Å². The molecule has 1 aromatic carbocycles. The molecule has 0 radical (unpaired) electrons. The molecule has 1 N–H and O–H groups in total. The molecule has 22 heavy (non-hydrogen) atoms. The van der Waals surface area contributed by atoms with Gasteiger partial charge in [-0.25, -0.2) is 9.79 Å². The molecule has 4 nitrogen and oxygen atoms in total. The van der Waals surface area contributed by atoms with E-state index in [4.69, 9.17) is 4.74 Å². The molecule has 0 aliphatic heterocycles. The Balaban J connectivity index is 2.39. The Morgan fingerprint density at radius 1 is 1.36 bits per heavy atom. The predicted molar refractivity (Wildman–Crippen MR) is 89.8 cm³/mol. The van der Waals surface area contributed by atoms with Gasteiger partial charge in [0.15, 0.2) is 0 Å². The maximum Gasteiger partial charge on any atom is 0.341 e. The van der Waals surface area contributed by atoms with Crippen LogP contribution >= 0.6 is 11.3 Å². The van der Waals surface area contributed by atoms with Gasteiger partial charge in [0.05, 0.1) is 12.2 Å². The summed E-state index contributed by atoms with van der Waals surface area (Å²) in [4.78, 5) is 17.5. The summed E-state index contributed by atoms with van der Waals surface area (Å²) in [6.45, 7) is 7.85. The molecule has 2 rings (SSSR count). The zero-order valence-corrected chi connectivity index (χ0v) is 14.0. The highest BCUT2D eigenvalue weighted by molar-refractivity contribution is 7.16. The van der Waals surface area contributed by atoms with Gasteiger partial charge >= 0.3 is 5.97 Å². The number of nitrogens with zero attached hydrogens (tertiary/aromatic N) is 1. The highest BCUT2D eigenvalue weighted by atomic mass is 32.1. The summed E-state index contributed by atoms with van der Waals surface area (Å²) in [7, 11) is 0. The molecule has 2 aromatic rings. The van der Waals surface area contributed by atoms with Crippen molar-refractivity contribution < 1.29 is 14.6 Å². The largest absolute Gasteiger partial charge is 0.507 e. The van der Waals surface area contributed by atoms with Gasteiger partial charge in [-0.05, 0) is 51.0 Å². The highest BCUT2D eigenvalue weighted by Gasteiger charge is 2.20. The number of carbonyl (C=O) groups excluding carboxylic acids is 1. The van der Waals surface area contributed by atoms with E-state index in [1.54, 1.807) is 25.3 Å². The summed E-state index contributed by atoms with van der Waals surface area (Å²) in [6.07, 6.45) is 1.57. The molecule has 0 unspecified atom stereocenters. The topological polar surface area (TPSA) is 58.9 Å². The molecule has 0 saturated heterocycles. The standard InChI is InChI=1S/C17H19NO3S/c1-5-21-17(20)15-11(3)12(4)22-16(15)18-9-13-7-6-10(2)8-14(13)19/h6-9,19H,5H2,1-4H3/b18-9+. The number of aromatic hydroxyl groups is 1. The van der Waals surface area contributed by atoms with Crippen LogP contribution in [-0.2, 0) is 4.74 Å². The molecular formula is C17H19NO3S. The van der Waals surface area contributed by atoms with E-state index < -0.39 is 0 Å². The van der Waals surface area contributed by atoms with Gasteiger partial charge in [-0.1, -0.05) is 6.07 Å². The van der Waals surface area contributed by atoms with Crippen LogP contribution in [0.4, 0.5) is 5.00 Å². The molecule has 0 amide bonds. The van der Waals surface area contributed by atoms with Crippen molar-refractivity contribution in [1.82, 2.24) is 0 Å². The Morgan fingerprint density at radius 2 is 2.09 bits per heavy atom. The van der Waals surface area contributed by atoms with E-state index in [0.717, 1.165) is 16.0 Å². The minimum Gasteiger partial charge on any atom is -0.507 e. The number of ether oxygens (including phenoxy) is 1. The summed E-state index contributed by atoms with van der Waals surface area (Å²) in [6, 6.07) is 5.38. The Hall–Kier alpha value is -2.14. The number of carbonyl (C=O) groups is 1. The van der Waals surface area contributed by atoms with Gasteiger partial charge < -0.3 is 9.84 Å². The Kier molecular flexibility index (Phi) is 4.98. The SMILES string of the molecule is CCOC(=O)c1c(/N=C/c2ccc(C)cc2O)sc(C)c1C. The lowest BCUT2D eigenvalue weighted by molar-refractivity contribution is 0.0527. The van der Waals surface area contributed by atoms with Crippen LogP contribution in [0.5, 0.6) is 5.75 Å². The molecular weight excluding hydrogens is 298 g/mol. The lowest BCUT2D eigenvalue weighted by Gasteiger charge is -2.03. The maximum absolute atomic E-state index is 12.1. The quantitative estimate of drug-likeness (QED) is 0.675. The first kappa shape index (κ1) is 16.2. The number of phenolic OH excluding ortho intramolecular Hbond substituents is 1. The molecule has 0 aliphatic carbocycles. The van der Waals surface area contributed by atoms with Crippen molar-refractivity contribution in [2.45, 2.75) is 27.7 Å². The van der Waals surface area contributed by atoms with E-state index >= 15 is 0 Å². The number of phenols is 1. The minimum absolute atomic E-state index is 0.173. The average molecular weight is 317 g/mol. The van der Waals surface area contributed by atoms with Crippen molar-refractivity contribution in [3.8, 4) is 5.75 Å². The third-order valence-corrected chi connectivity index (χ3v) is 4.47. The van der Waals surface area contributed by atoms with Gasteiger partial charge in [0, 0.05) is 16.7 Å². The molecule has 116 valence electrons. The zero-order chi connectivity index (χ0) is 16.3. The number of benzene rings is 1. The first-order valence-corrected chi connectivity index (χ1v) is 7.86. The van der Waals surface area contributed by atoms with Crippen molar-refractivity contribution in [2.24, 2.45) is 4.99 Å². The van der Waals surface area contributed by atoms with Gasteiger partial charge in [-0.15, -0.1) is 11.3 Å². The lowest BCUT2D eigenvalue weighted by atomic mass is 10.1. The number of rotatable bonds is 4. The van der Waals surface area contributed by atoms with Crippen molar-refractivity contribution in [1.29, 1.82) is 0 Å². The minimum atomic E-state index is -0.357. The second-order valence-electron chi connectivity index (χ2n) is 5.00. The van der Waals surface area contributed by atoms with Gasteiger partial charge in [-0.2, -0.15) is 0 Å². The first-order valence-electron chi connectivity index (χ1n) is 7.04. The Labute approximate surface area is 134 Å². The van der Waals surface area contributed by atoms with Crippen molar-refractivity contribution in [3.63, 3.8) is 0 Å². The molecule has 0 fully saturated rings. The summed E-state index contributed by atoms with van der Waals surface area (Å²) < 4.78 is 5.10. The van der Waals surface area contributed by atoms with Crippen LogP contribution in [0, 0.1) is 20.8 Å². The van der Waals surface area contributed by atoms with E-state index in [2.05, 4.69) is 4.99 Å². The van der Waals surface area contributed by atoms with Gasteiger partial charge in [-0.3, -0.25) is 0 Å². The highest BCUT2D eigenvalue weighted by Crippen LogP contribution is 2.35. The normalized spacial score (nSPS) is 11.1. The molecule has 1 heterocycles. The Morgan fingerprint density at radius 3 is 2.73 bits per heavy atom. The second kappa shape index (κ2) is 6.75. The summed E-state index contributed by atoms with van der Waals surface area (Å²) in [5.74, 6) is -0.184. The summed E-state index contributed by atoms with van der Waals surface area (Å²) >= 11 is 1.44. The molecule has 0 bridgehead atoms. The third kappa shape index (κ3) is 3.36. The molecule has 5 heteroatoms. The summed E-state index contributed by atoms with van der Waals surface area (Å²) in [5.41, 5.74) is 2.99. The number of aliphatic imine (C=N–C) groups is 1. The second-order valence-corrected chi connectivity index (χ2v) is 6.21. The fourth-order valence-electron chi connectivity index (χ4n) is 2.03. The number of hydrogen-bond donors (Lipinski definition) is 1. The molecule has 0 atom stereocenters. The fourth-order valence-corrected chi connectivity index (χ4v) is 3.02. The van der Waals surface area contributed by atoms with Crippen LogP contribution in [0.2, 0.25) is 0 Å². The molecule has 0 spiro atoms. The lowest BCUT2D eigenvalue weighted by Crippen LogP contribution is -2.05. The van der Waals surface area contributed by atoms with Crippen LogP contribution in [0.1, 0.15) is 38.8 Å². The molecule has 1 aromatic heterocycles. The summed E-state index contributed by atoms with van der Waals surface area (Å²) in [5, 5.41) is 10.5. The molecule has 0 saturated carbocycles. The third-order valence-electron chi connectivity index (χ3n) is 3.35. The van der Waals surface area contributed by atoms with E-state index in [0.29, 0.717) is 22.7 Å². The van der Waals surface area contributed by atoms with Gasteiger partial charge in [0.25, 0.3) is 0 Å². The Bertz CT molecular complexity index is 732. The van der Waals surface area contributed by atoms with Crippen LogP contribution in [-0.4, -0.2) is 23.9 Å². The number of esters is 1. The van der Waals surface area contributed by atoms with Crippen molar-refractivity contribution >= 4 is 28.5 Å². The van der Waals surface area contributed by atoms with E-state index in [-0.39, 0.29) is 11.7 Å². The monoisotopic (exact) mass is 317 g/mol. The van der Waals surface area contributed by atoms with E-state index in [9.17, 15) is 9.90 Å². The average Bonchev–Trinajstić information content (AvgIpc) is 2.73. The number of hydrogen-bond acceptors (Lipinski definition) is 5. The van der Waals surface area contributed by atoms with Crippen LogP contribution in [0.15, 0.2) is 23.2 Å². The maximum atomic E-state index is 12.1. The van der Waals surface area contributed by atoms with Crippen molar-refractivity contribution in [3.05, 3.63) is 45.3 Å². The predicted octanol–water partition coefficient (Wildman–Crippen LogP) is 4.31.